The summed E-state index contributed by atoms with van der Waals surface area (Å²) in [5.41, 5.74) is 5.78. The Morgan fingerprint density at radius 1 is 0.757 bits per heavy atom. The van der Waals surface area contributed by atoms with Crippen LogP contribution in [0.15, 0.2) is 200 Å². The van der Waals surface area contributed by atoms with Gasteiger partial charge in [-0.2, -0.15) is 5.26 Å². The van der Waals surface area contributed by atoms with E-state index in [1.807, 2.05) is 125 Å². The van der Waals surface area contributed by atoms with Crippen molar-refractivity contribution in [3.8, 4) is 6.07 Å². The van der Waals surface area contributed by atoms with E-state index in [2.05, 4.69) is 21.4 Å². The van der Waals surface area contributed by atoms with Crippen molar-refractivity contribution in [1.82, 2.24) is 25.1 Å². The van der Waals surface area contributed by atoms with E-state index in [9.17, 15) is 58.9 Å². The number of nitriles is 1. The molecular formula is C93H114N6O16. The number of amides is 3. The number of imidazole rings is 1. The second-order valence-electron chi connectivity index (χ2n) is 31.4. The van der Waals surface area contributed by atoms with Crippen molar-refractivity contribution in [1.29, 1.82) is 5.26 Å². The summed E-state index contributed by atoms with van der Waals surface area (Å²) >= 11 is 0. The van der Waals surface area contributed by atoms with Gasteiger partial charge in [-0.05, 0) is 142 Å². The number of allylic oxidation sites excluding steroid dienone is 6. The number of esters is 1. The first kappa shape index (κ1) is 89.0. The Hall–Kier alpha value is -9.96. The summed E-state index contributed by atoms with van der Waals surface area (Å²) in [6, 6.07) is 41.9. The number of cyclic esters (lactones) is 1. The lowest BCUT2D eigenvalue weighted by Crippen LogP contribution is -2.61. The van der Waals surface area contributed by atoms with E-state index < -0.39 is 102 Å². The maximum atomic E-state index is 14.8. The summed E-state index contributed by atoms with van der Waals surface area (Å²) in [6.07, 6.45) is 14.8. The second-order valence-corrected chi connectivity index (χ2v) is 31.4. The summed E-state index contributed by atoms with van der Waals surface area (Å²) in [5, 5.41) is 46.8. The molecule has 5 N–H and O–H groups in total. The van der Waals surface area contributed by atoms with Gasteiger partial charge in [-0.25, -0.2) is 9.78 Å². The number of aromatic amines is 1. The summed E-state index contributed by atoms with van der Waals surface area (Å²) < 4.78 is 29.4. The first-order valence-electron chi connectivity index (χ1n) is 40.3. The van der Waals surface area contributed by atoms with Crippen LogP contribution in [0.2, 0.25) is 0 Å². The van der Waals surface area contributed by atoms with Gasteiger partial charge in [0.05, 0.1) is 47.9 Å². The Bertz CT molecular complexity index is 4370. The summed E-state index contributed by atoms with van der Waals surface area (Å²) in [4.78, 5) is 124. The number of rotatable bonds is 19. The predicted octanol–water partition coefficient (Wildman–Crippen LogP) is 13.1. The molecular weight excluding hydrogens is 1460 g/mol. The number of ketones is 4. The van der Waals surface area contributed by atoms with Crippen LogP contribution >= 0.6 is 0 Å². The minimum atomic E-state index is -2.43. The van der Waals surface area contributed by atoms with Crippen LogP contribution in [-0.4, -0.2) is 177 Å². The van der Waals surface area contributed by atoms with Gasteiger partial charge in [-0.3, -0.25) is 33.6 Å². The molecule has 1 unspecified atom stereocenters. The molecule has 3 fully saturated rings. The lowest BCUT2D eigenvalue weighted by atomic mass is 9.78. The number of aliphatic hydroxyl groups excluding tert-OH is 2. The number of fused-ring (bicyclic) bond motifs is 3. The average Bonchev–Trinajstić information content (AvgIpc) is 1.78. The van der Waals surface area contributed by atoms with Crippen molar-refractivity contribution in [3.63, 3.8) is 0 Å². The molecule has 3 aliphatic heterocycles. The number of H-pyrrole nitrogens is 1. The van der Waals surface area contributed by atoms with Crippen molar-refractivity contribution >= 4 is 46.8 Å². The fourth-order valence-corrected chi connectivity index (χ4v) is 16.2. The zero-order valence-electron chi connectivity index (χ0n) is 67.9. The molecule has 22 heteroatoms. The Morgan fingerprint density at radius 2 is 1.43 bits per heavy atom. The highest BCUT2D eigenvalue weighted by molar-refractivity contribution is 6.39. The number of hydrogen-bond acceptors (Lipinski definition) is 18. The fraction of sp³-hybridized carbons (Fsp3) is 0.462. The van der Waals surface area contributed by atoms with E-state index in [0.717, 1.165) is 28.8 Å². The number of methoxy groups -OCH3 is 3. The molecule has 5 aromatic carbocycles. The average molecular weight is 1570 g/mol. The lowest BCUT2D eigenvalue weighted by molar-refractivity contribution is -0.265. The van der Waals surface area contributed by atoms with Gasteiger partial charge in [-0.1, -0.05) is 192 Å². The highest BCUT2D eigenvalue weighted by atomic mass is 16.6. The Labute approximate surface area is 676 Å². The zero-order valence-corrected chi connectivity index (χ0v) is 67.9. The number of hydrogen-bond donors (Lipinski definition) is 5. The van der Waals surface area contributed by atoms with E-state index in [-0.39, 0.29) is 90.7 Å². The second kappa shape index (κ2) is 43.1. The molecule has 10 rings (SSSR count). The minimum Gasteiger partial charge on any atom is -0.460 e. The molecule has 22 nitrogen and oxygen atoms in total. The normalized spacial score (nSPS) is 27.8. The number of Topliss-reactive ketones (excluding diaryl/α,β-unsaturated/α-hetero) is 3. The highest BCUT2D eigenvalue weighted by Gasteiger charge is 2.53. The van der Waals surface area contributed by atoms with Gasteiger partial charge in [0, 0.05) is 107 Å². The lowest BCUT2D eigenvalue weighted by Gasteiger charge is -2.42. The van der Waals surface area contributed by atoms with Crippen molar-refractivity contribution in [3.05, 3.63) is 244 Å². The van der Waals surface area contributed by atoms with Crippen LogP contribution in [0, 0.1) is 46.8 Å². The minimum absolute atomic E-state index is 0.0193. The number of nitrogens with one attached hydrogen (secondary N) is 2. The van der Waals surface area contributed by atoms with Crippen molar-refractivity contribution in [2.75, 3.05) is 41.0 Å². The van der Waals surface area contributed by atoms with Gasteiger partial charge >= 0.3 is 5.97 Å². The highest BCUT2D eigenvalue weighted by Crippen LogP contribution is 2.39. The van der Waals surface area contributed by atoms with Crippen LogP contribution in [-0.2, 0) is 58.9 Å². The number of piperidine rings is 1. The third-order valence-electron chi connectivity index (χ3n) is 23.1. The Morgan fingerprint density at radius 3 is 2.08 bits per heavy atom. The molecule has 16 atom stereocenters. The maximum Gasteiger partial charge on any atom is 0.329 e. The quantitative estimate of drug-likeness (QED) is 0.0218. The topological polar surface area (TPSA) is 314 Å². The van der Waals surface area contributed by atoms with Crippen LogP contribution in [0.25, 0.3) is 0 Å². The number of benzene rings is 5. The zero-order chi connectivity index (χ0) is 82.9. The summed E-state index contributed by atoms with van der Waals surface area (Å²) in [7, 11) is 4.52. The molecule has 1 aliphatic carbocycles. The van der Waals surface area contributed by atoms with Gasteiger partial charge in [0.2, 0.25) is 11.7 Å². The van der Waals surface area contributed by atoms with Crippen LogP contribution < -0.4 is 5.32 Å². The van der Waals surface area contributed by atoms with E-state index in [0.29, 0.717) is 86.5 Å². The largest absolute Gasteiger partial charge is 0.460 e. The summed E-state index contributed by atoms with van der Waals surface area (Å²) in [6.45, 7) is 13.1. The van der Waals surface area contributed by atoms with Crippen LogP contribution in [0.3, 0.4) is 0 Å². The molecule has 1 saturated carbocycles. The third-order valence-corrected chi connectivity index (χ3v) is 23.1. The predicted molar refractivity (Wildman–Crippen MR) is 436 cm³/mol. The molecule has 0 spiro atoms. The van der Waals surface area contributed by atoms with Gasteiger partial charge < -0.3 is 59.1 Å². The van der Waals surface area contributed by atoms with Crippen LogP contribution in [0.5, 0.6) is 0 Å². The van der Waals surface area contributed by atoms with Gasteiger partial charge in [0.1, 0.15) is 36.2 Å². The van der Waals surface area contributed by atoms with E-state index in [4.69, 9.17) is 23.7 Å². The van der Waals surface area contributed by atoms with E-state index >= 15 is 0 Å². The Balaban J connectivity index is 0.000000271. The third kappa shape index (κ3) is 23.6. The molecule has 4 aliphatic rings. The summed E-state index contributed by atoms with van der Waals surface area (Å²) in [5.74, 6) is -9.33. The first-order chi connectivity index (χ1) is 55.3. The molecule has 115 heavy (non-hydrogen) atoms. The van der Waals surface area contributed by atoms with Crippen molar-refractivity contribution < 1.29 is 77.4 Å². The fourth-order valence-electron chi connectivity index (χ4n) is 16.2. The van der Waals surface area contributed by atoms with E-state index in [1.165, 1.54) is 16.9 Å². The monoisotopic (exact) mass is 1570 g/mol. The molecule has 2 bridgehead atoms. The number of carbonyl (C=O) groups excluding carboxylic acids is 8. The standard InChI is InChI=1S/C51H79NO13.C42H35N5O3/c1-30-16-12-11-13-17-31(2)42(61-8)28-38-21-19-36(7)51(60,65-38)48(57)49(58)52-23-15-14-18-39(52)50(59)64-43(33(4)26-37-20-22-40(53)44(27-37)62-9)29-41(54)32(3)25-35(6)46(56)47(63-10)45(55)34(5)24-30;43-26-30-13-12-20-34(25-30)39(41(49)45-28-38(31-14-4-1-5-15-31)32-16-6-2-7-17-32)47(24-23-35-27-44-29-46-35)42(50)37-22-11-10-21-36(37)40(48)33-18-8-3-9-19-33/h11-13,16-17,25,30,32-34,36-40,42-44,46-47,53,56,60H,14-15,18-24,26-29H2,1-10H3;1-22,25,27,29,38-39H,23-24,28H2,(H,44,46)(H,45,49)/b13-11+,16-12+,31-17+,35-25+;/t30-,32-,33-,34-,36-,37+,38+,39+,40-,42+,43+,44-,46-,47+,51-;/m1./s1. The van der Waals surface area contributed by atoms with Crippen molar-refractivity contribution in [2.24, 2.45) is 35.5 Å². The smallest absolute Gasteiger partial charge is 0.329 e. The van der Waals surface area contributed by atoms with Crippen LogP contribution in [0.4, 0.5) is 0 Å². The molecule has 4 heterocycles. The molecule has 6 aromatic rings. The van der Waals surface area contributed by atoms with E-state index in [1.54, 1.807) is 126 Å². The first-order valence-corrected chi connectivity index (χ1v) is 40.3. The number of aromatic nitrogens is 2. The molecule has 1 aromatic heterocycles. The van der Waals surface area contributed by atoms with Gasteiger partial charge in [0.25, 0.3) is 17.6 Å². The number of nitrogens with zero attached hydrogens (tertiary/aromatic N) is 4. The number of ether oxygens (including phenoxy) is 5. The van der Waals surface area contributed by atoms with Crippen molar-refractivity contribution in [2.45, 2.75) is 198 Å². The van der Waals surface area contributed by atoms with Gasteiger partial charge in [0.15, 0.2) is 11.6 Å². The van der Waals surface area contributed by atoms with Crippen LogP contribution in [0.1, 0.15) is 192 Å². The molecule has 2 saturated heterocycles. The number of aliphatic hydroxyl groups is 3. The number of carbonyl (C=O) groups is 8. The molecule has 3 amide bonds. The SMILES string of the molecule is CO[C@H]1C[C@@H]2CC[C@@H](C)[C@@](O)(O2)C(=O)C(=O)N2CCCC[C@H]2C(=O)O[C@H]([C@H](C)C[C@@H]2CC[C@@H](O)[C@H](OC)C2)CC(=O)[C@H](C)/C=C(\C)[C@@H](O)[C@@H](OC)C(=O)[C@H](C)C[C@H](C)/C=C/C=C/C=C/1C.N#Cc1cccc(C(C(=O)NCC(c2ccccc2)c2ccccc2)N(CCc2cnc[nH]2)C(=O)c2ccccc2C(=O)c2ccccc2)c1. The van der Waals surface area contributed by atoms with Gasteiger partial charge in [-0.15, -0.1) is 0 Å². The molecule has 612 valence electrons. The Kier molecular flexibility index (Phi) is 33.4. The molecule has 0 radical (unpaired) electrons. The maximum absolute atomic E-state index is 14.8.